The SMILES string of the molecule is CC[C@H]1CC(NC(C)c2cc(F)c(-c3cc(C(F)(F)F)cc(O)n3)cc2F)=CN1. The van der Waals surface area contributed by atoms with Crippen molar-refractivity contribution >= 4 is 0 Å². The Morgan fingerprint density at radius 1 is 1.21 bits per heavy atom. The molecule has 0 saturated carbocycles. The number of aromatic hydroxyl groups is 1. The van der Waals surface area contributed by atoms with Gasteiger partial charge in [0.25, 0.3) is 0 Å². The number of alkyl halides is 3. The lowest BCUT2D eigenvalue weighted by atomic mass is 10.0. The van der Waals surface area contributed by atoms with E-state index in [-0.39, 0.29) is 11.6 Å². The lowest BCUT2D eigenvalue weighted by Crippen LogP contribution is -2.20. The Bertz CT molecular complexity index is 942. The third kappa shape index (κ3) is 4.60. The van der Waals surface area contributed by atoms with Gasteiger partial charge < -0.3 is 15.7 Å². The minimum Gasteiger partial charge on any atom is -0.493 e. The van der Waals surface area contributed by atoms with Crippen LogP contribution in [0.3, 0.4) is 0 Å². The predicted molar refractivity (Wildman–Crippen MR) is 97.7 cm³/mol. The highest BCUT2D eigenvalue weighted by molar-refractivity contribution is 5.62. The molecule has 0 radical (unpaired) electrons. The molecule has 9 heteroatoms. The molecule has 0 fully saturated rings. The van der Waals surface area contributed by atoms with Gasteiger partial charge in [-0.2, -0.15) is 13.2 Å². The van der Waals surface area contributed by atoms with Crippen molar-refractivity contribution in [2.75, 3.05) is 0 Å². The molecule has 1 aromatic heterocycles. The van der Waals surface area contributed by atoms with Crippen molar-refractivity contribution in [1.82, 2.24) is 15.6 Å². The minimum absolute atomic E-state index is 0.0308. The second-order valence-electron chi connectivity index (χ2n) is 6.96. The van der Waals surface area contributed by atoms with Crippen LogP contribution in [0.2, 0.25) is 0 Å². The Balaban J connectivity index is 1.89. The van der Waals surface area contributed by atoms with E-state index in [0.717, 1.165) is 30.7 Å². The van der Waals surface area contributed by atoms with Crippen molar-refractivity contribution in [2.24, 2.45) is 0 Å². The molecule has 1 unspecified atom stereocenters. The average Bonchev–Trinajstić information content (AvgIpc) is 3.09. The molecule has 2 atom stereocenters. The molecule has 0 saturated heterocycles. The van der Waals surface area contributed by atoms with Crippen LogP contribution in [0, 0.1) is 11.6 Å². The Hall–Kier alpha value is -2.84. The largest absolute Gasteiger partial charge is 0.493 e. The number of pyridine rings is 1. The van der Waals surface area contributed by atoms with Gasteiger partial charge in [0.1, 0.15) is 11.6 Å². The normalized spacial score (nSPS) is 17.6. The van der Waals surface area contributed by atoms with Gasteiger partial charge >= 0.3 is 6.18 Å². The number of nitrogens with one attached hydrogen (secondary N) is 2. The van der Waals surface area contributed by atoms with Crippen molar-refractivity contribution < 1.29 is 27.1 Å². The summed E-state index contributed by atoms with van der Waals surface area (Å²) in [5.74, 6) is -2.66. The molecule has 156 valence electrons. The van der Waals surface area contributed by atoms with Crippen LogP contribution in [0.25, 0.3) is 11.3 Å². The Morgan fingerprint density at radius 2 is 1.93 bits per heavy atom. The quantitative estimate of drug-likeness (QED) is 0.603. The summed E-state index contributed by atoms with van der Waals surface area (Å²) >= 11 is 0. The monoisotopic (exact) mass is 413 g/mol. The van der Waals surface area contributed by atoms with Crippen molar-refractivity contribution in [1.29, 1.82) is 0 Å². The van der Waals surface area contributed by atoms with E-state index in [4.69, 9.17) is 0 Å². The maximum atomic E-state index is 14.7. The summed E-state index contributed by atoms with van der Waals surface area (Å²) in [5.41, 5.74) is -1.28. The zero-order valence-electron chi connectivity index (χ0n) is 15.7. The van der Waals surface area contributed by atoms with Gasteiger partial charge in [-0.05, 0) is 31.5 Å². The average molecular weight is 413 g/mol. The molecule has 0 spiro atoms. The molecule has 0 amide bonds. The van der Waals surface area contributed by atoms with Crippen molar-refractivity contribution in [2.45, 2.75) is 44.9 Å². The third-order valence-electron chi connectivity index (χ3n) is 4.82. The van der Waals surface area contributed by atoms with Crippen LogP contribution in [0.1, 0.15) is 43.9 Å². The Kier molecular flexibility index (Phi) is 5.68. The fraction of sp³-hybridized carbons (Fsp3) is 0.350. The van der Waals surface area contributed by atoms with Crippen molar-refractivity contribution in [3.63, 3.8) is 0 Å². The van der Waals surface area contributed by atoms with Crippen LogP contribution in [0.5, 0.6) is 5.88 Å². The van der Waals surface area contributed by atoms with Crippen LogP contribution in [0.15, 0.2) is 36.2 Å². The number of benzene rings is 1. The highest BCUT2D eigenvalue weighted by atomic mass is 19.4. The van der Waals surface area contributed by atoms with Gasteiger partial charge in [-0.1, -0.05) is 6.92 Å². The van der Waals surface area contributed by atoms with E-state index in [1.54, 1.807) is 13.1 Å². The van der Waals surface area contributed by atoms with Gasteiger partial charge in [0.2, 0.25) is 5.88 Å². The highest BCUT2D eigenvalue weighted by Crippen LogP contribution is 2.35. The Labute approximate surface area is 164 Å². The molecule has 0 aliphatic carbocycles. The van der Waals surface area contributed by atoms with Gasteiger partial charge in [-0.15, -0.1) is 0 Å². The fourth-order valence-electron chi connectivity index (χ4n) is 3.23. The van der Waals surface area contributed by atoms with E-state index in [1.807, 2.05) is 6.92 Å². The summed E-state index contributed by atoms with van der Waals surface area (Å²) in [6, 6.07) is 2.44. The standard InChI is InChI=1S/C20H20F5N3O/c1-3-12-6-13(9-26-12)27-10(2)14-7-17(22)15(8-16(14)21)18-4-11(20(23,24)25)5-19(29)28-18/h4-5,7-10,12,26-27H,3,6H2,1-2H3,(H,28,29)/t10?,12-/m0/s1. The molecule has 3 rings (SSSR count). The number of hydrogen-bond acceptors (Lipinski definition) is 4. The first-order valence-electron chi connectivity index (χ1n) is 9.07. The summed E-state index contributed by atoms with van der Waals surface area (Å²) in [4.78, 5) is 3.51. The Morgan fingerprint density at radius 3 is 2.55 bits per heavy atom. The van der Waals surface area contributed by atoms with E-state index < -0.39 is 46.6 Å². The summed E-state index contributed by atoms with van der Waals surface area (Å²) in [6.07, 6.45) is -1.31. The van der Waals surface area contributed by atoms with Gasteiger partial charge in [0.05, 0.1) is 17.3 Å². The minimum atomic E-state index is -4.76. The van der Waals surface area contributed by atoms with Crippen LogP contribution in [-0.4, -0.2) is 16.1 Å². The smallest absolute Gasteiger partial charge is 0.416 e. The molecule has 3 N–H and O–H groups in total. The molecule has 2 aromatic rings. The molecule has 1 aliphatic rings. The summed E-state index contributed by atoms with van der Waals surface area (Å²) < 4.78 is 68.1. The topological polar surface area (TPSA) is 57.2 Å². The number of aromatic nitrogens is 1. The van der Waals surface area contributed by atoms with Crippen LogP contribution >= 0.6 is 0 Å². The molecule has 0 bridgehead atoms. The van der Waals surface area contributed by atoms with Crippen molar-refractivity contribution in [3.8, 4) is 17.1 Å². The first-order chi connectivity index (χ1) is 13.6. The molecule has 2 heterocycles. The predicted octanol–water partition coefficient (Wildman–Crippen LogP) is 5.02. The van der Waals surface area contributed by atoms with Gasteiger partial charge in [-0.3, -0.25) is 0 Å². The van der Waals surface area contributed by atoms with E-state index in [1.165, 1.54) is 0 Å². The zero-order chi connectivity index (χ0) is 21.3. The van der Waals surface area contributed by atoms with Crippen LogP contribution < -0.4 is 10.6 Å². The maximum Gasteiger partial charge on any atom is 0.416 e. The molecular weight excluding hydrogens is 393 g/mol. The third-order valence-corrected chi connectivity index (χ3v) is 4.82. The number of halogens is 5. The second-order valence-corrected chi connectivity index (χ2v) is 6.96. The number of nitrogens with zero attached hydrogens (tertiary/aromatic N) is 1. The number of hydrogen-bond donors (Lipinski definition) is 3. The molecular formula is C20H20F5N3O. The lowest BCUT2D eigenvalue weighted by Gasteiger charge is -2.18. The lowest BCUT2D eigenvalue weighted by molar-refractivity contribution is -0.137. The fourth-order valence-corrected chi connectivity index (χ4v) is 3.23. The van der Waals surface area contributed by atoms with E-state index in [0.29, 0.717) is 12.1 Å². The van der Waals surface area contributed by atoms with Gasteiger partial charge in [0.15, 0.2) is 0 Å². The summed E-state index contributed by atoms with van der Waals surface area (Å²) in [6.45, 7) is 3.69. The van der Waals surface area contributed by atoms with Crippen molar-refractivity contribution in [3.05, 3.63) is 58.9 Å². The zero-order valence-corrected chi connectivity index (χ0v) is 15.7. The van der Waals surface area contributed by atoms with Gasteiger partial charge in [0, 0.05) is 41.6 Å². The maximum absolute atomic E-state index is 14.7. The first kappa shape index (κ1) is 20.9. The van der Waals surface area contributed by atoms with E-state index in [2.05, 4.69) is 15.6 Å². The summed E-state index contributed by atoms with van der Waals surface area (Å²) in [7, 11) is 0. The van der Waals surface area contributed by atoms with E-state index in [9.17, 15) is 27.1 Å². The second kappa shape index (κ2) is 7.88. The first-order valence-corrected chi connectivity index (χ1v) is 9.07. The molecule has 4 nitrogen and oxygen atoms in total. The van der Waals surface area contributed by atoms with Gasteiger partial charge in [-0.25, -0.2) is 13.8 Å². The molecule has 29 heavy (non-hydrogen) atoms. The van der Waals surface area contributed by atoms with Crippen LogP contribution in [0.4, 0.5) is 22.0 Å². The molecule has 1 aromatic carbocycles. The van der Waals surface area contributed by atoms with Crippen LogP contribution in [-0.2, 0) is 6.18 Å². The molecule has 1 aliphatic heterocycles. The highest BCUT2D eigenvalue weighted by Gasteiger charge is 2.32. The van der Waals surface area contributed by atoms with E-state index >= 15 is 0 Å². The summed E-state index contributed by atoms with van der Waals surface area (Å²) in [5, 5.41) is 15.8. The number of rotatable bonds is 5.